The van der Waals surface area contributed by atoms with Gasteiger partial charge in [-0.15, -0.1) is 11.3 Å². The Morgan fingerprint density at radius 3 is 2.50 bits per heavy atom. The fourth-order valence-electron chi connectivity index (χ4n) is 1.70. The highest BCUT2D eigenvalue weighted by molar-refractivity contribution is 7.92. The van der Waals surface area contributed by atoms with Crippen LogP contribution >= 0.6 is 11.3 Å². The maximum Gasteiger partial charge on any atom is 0.183 e. The van der Waals surface area contributed by atoms with Gasteiger partial charge in [-0.1, -0.05) is 6.92 Å². The minimum atomic E-state index is -3.49. The number of nitrogens with zero attached hydrogens (tertiary/aromatic N) is 1. The molecule has 0 bridgehead atoms. The van der Waals surface area contributed by atoms with Gasteiger partial charge in [-0.25, -0.2) is 8.42 Å². The summed E-state index contributed by atoms with van der Waals surface area (Å²) in [5.41, 5.74) is 5.94. The number of carbonyl (C=O) groups excluding carboxylic acids is 1. The van der Waals surface area contributed by atoms with E-state index in [1.165, 1.54) is 6.92 Å². The molecule has 0 aliphatic heterocycles. The highest BCUT2D eigenvalue weighted by Crippen LogP contribution is 2.41. The van der Waals surface area contributed by atoms with Gasteiger partial charge in [-0.05, 0) is 0 Å². The van der Waals surface area contributed by atoms with Crippen molar-refractivity contribution in [1.29, 1.82) is 0 Å². The first kappa shape index (κ1) is 16.9. The van der Waals surface area contributed by atoms with E-state index >= 15 is 0 Å². The summed E-state index contributed by atoms with van der Waals surface area (Å²) in [4.78, 5) is 13.7. The first-order chi connectivity index (χ1) is 9.26. The molecule has 0 radical (unpaired) electrons. The number of anilines is 2. The average molecular weight is 320 g/mol. The second-order valence-corrected chi connectivity index (χ2v) is 7.57. The predicted octanol–water partition coefficient (Wildman–Crippen LogP) is 1.41. The van der Waals surface area contributed by atoms with Crippen molar-refractivity contribution < 1.29 is 17.9 Å². The molecule has 0 unspecified atom stereocenters. The van der Waals surface area contributed by atoms with Crippen molar-refractivity contribution in [3.8, 4) is 0 Å². The van der Waals surface area contributed by atoms with Crippen LogP contribution in [-0.2, 0) is 14.6 Å². The van der Waals surface area contributed by atoms with Crippen molar-refractivity contribution in [3.05, 3.63) is 4.88 Å². The van der Waals surface area contributed by atoms with Gasteiger partial charge < -0.3 is 15.4 Å². The molecule has 2 N–H and O–H groups in total. The Kier molecular flexibility index (Phi) is 5.55. The molecule has 6 nitrogen and oxygen atoms in total. The monoisotopic (exact) mass is 320 g/mol. The van der Waals surface area contributed by atoms with E-state index in [2.05, 4.69) is 0 Å². The molecule has 8 heteroatoms. The highest BCUT2D eigenvalue weighted by atomic mass is 32.2. The molecule has 0 saturated heterocycles. The molecule has 1 aromatic heterocycles. The highest BCUT2D eigenvalue weighted by Gasteiger charge is 2.29. The fraction of sp³-hybridized carbons (Fsp3) is 0.583. The van der Waals surface area contributed by atoms with Gasteiger partial charge in [0.2, 0.25) is 0 Å². The molecule has 0 spiro atoms. The smallest absolute Gasteiger partial charge is 0.183 e. The number of nitrogens with two attached hydrogens (primary N) is 1. The summed E-state index contributed by atoms with van der Waals surface area (Å²) >= 11 is 1.11. The van der Waals surface area contributed by atoms with Crippen molar-refractivity contribution in [2.75, 3.05) is 43.7 Å². The molecule has 1 rings (SSSR count). The first-order valence-corrected chi connectivity index (χ1v) is 8.59. The predicted molar refractivity (Wildman–Crippen MR) is 81.6 cm³/mol. The molecule has 0 fully saturated rings. The average Bonchev–Trinajstić information content (AvgIpc) is 2.74. The Balaban J connectivity index is 3.42. The van der Waals surface area contributed by atoms with Gasteiger partial charge in [0.1, 0.15) is 9.90 Å². The SMILES string of the molecule is CCS(=O)(=O)c1c(N(C)CCOC)sc(C(C)=O)c1N. The molecule has 0 aromatic carbocycles. The van der Waals surface area contributed by atoms with Crippen LogP contribution in [0.25, 0.3) is 0 Å². The molecule has 0 atom stereocenters. The van der Waals surface area contributed by atoms with Crippen LogP contribution in [0, 0.1) is 0 Å². The molecule has 0 aliphatic carbocycles. The van der Waals surface area contributed by atoms with Gasteiger partial charge in [-0.3, -0.25) is 4.79 Å². The van der Waals surface area contributed by atoms with Crippen LogP contribution in [0.5, 0.6) is 0 Å². The van der Waals surface area contributed by atoms with Crippen molar-refractivity contribution in [2.45, 2.75) is 18.7 Å². The molecular weight excluding hydrogens is 300 g/mol. The Hall–Kier alpha value is -1.12. The van der Waals surface area contributed by atoms with Gasteiger partial charge in [0, 0.05) is 27.6 Å². The number of thiophene rings is 1. The van der Waals surface area contributed by atoms with Gasteiger partial charge in [0.15, 0.2) is 15.6 Å². The van der Waals surface area contributed by atoms with Crippen molar-refractivity contribution in [3.63, 3.8) is 0 Å². The van der Waals surface area contributed by atoms with E-state index in [4.69, 9.17) is 10.5 Å². The molecule has 0 aliphatic rings. The lowest BCUT2D eigenvalue weighted by molar-refractivity contribution is 0.102. The number of ketones is 1. The largest absolute Gasteiger partial charge is 0.396 e. The van der Waals surface area contributed by atoms with Crippen LogP contribution < -0.4 is 10.6 Å². The van der Waals surface area contributed by atoms with Crippen molar-refractivity contribution in [2.24, 2.45) is 0 Å². The fourth-order valence-corrected chi connectivity index (χ4v) is 4.42. The van der Waals surface area contributed by atoms with E-state index in [-0.39, 0.29) is 27.0 Å². The van der Waals surface area contributed by atoms with Gasteiger partial charge >= 0.3 is 0 Å². The number of nitrogen functional groups attached to an aromatic ring is 1. The Labute approximate surface area is 123 Å². The Bertz CT molecular complexity index is 593. The number of ether oxygens (including phenoxy) is 1. The first-order valence-electron chi connectivity index (χ1n) is 6.12. The van der Waals surface area contributed by atoms with Crippen LogP contribution in [0.3, 0.4) is 0 Å². The lowest BCUT2D eigenvalue weighted by Crippen LogP contribution is -2.23. The van der Waals surface area contributed by atoms with Gasteiger partial charge in [-0.2, -0.15) is 0 Å². The molecule has 20 heavy (non-hydrogen) atoms. The summed E-state index contributed by atoms with van der Waals surface area (Å²) in [6, 6.07) is 0. The van der Waals surface area contributed by atoms with E-state index < -0.39 is 9.84 Å². The summed E-state index contributed by atoms with van der Waals surface area (Å²) in [6.45, 7) is 3.90. The second-order valence-electron chi connectivity index (χ2n) is 4.35. The maximum absolute atomic E-state index is 12.2. The summed E-state index contributed by atoms with van der Waals surface area (Å²) < 4.78 is 29.4. The van der Waals surface area contributed by atoms with E-state index in [0.29, 0.717) is 18.2 Å². The minimum Gasteiger partial charge on any atom is -0.396 e. The standard InChI is InChI=1S/C12H20N2O4S2/c1-5-20(16,17)11-9(13)10(8(2)15)19-12(11)14(3)6-7-18-4/h5-7,13H2,1-4H3. The molecular formula is C12H20N2O4S2. The Morgan fingerprint density at radius 2 is 2.05 bits per heavy atom. The van der Waals surface area contributed by atoms with E-state index in [9.17, 15) is 13.2 Å². The number of likely N-dealkylation sites (N-methyl/N-ethyl adjacent to an activating group) is 1. The zero-order valence-electron chi connectivity index (χ0n) is 12.1. The quantitative estimate of drug-likeness (QED) is 0.764. The topological polar surface area (TPSA) is 89.7 Å². The van der Waals surface area contributed by atoms with Crippen molar-refractivity contribution >= 4 is 37.6 Å². The number of rotatable bonds is 7. The number of hydrogen-bond acceptors (Lipinski definition) is 7. The summed E-state index contributed by atoms with van der Waals surface area (Å²) in [7, 11) is -0.168. The third kappa shape index (κ3) is 3.31. The van der Waals surface area contributed by atoms with Crippen LogP contribution in [0.15, 0.2) is 4.90 Å². The molecule has 1 aromatic rings. The van der Waals surface area contributed by atoms with E-state index in [0.717, 1.165) is 11.3 Å². The number of methoxy groups -OCH3 is 1. The minimum absolute atomic E-state index is 0.0589. The zero-order valence-corrected chi connectivity index (χ0v) is 13.7. The summed E-state index contributed by atoms with van der Waals surface area (Å²) in [6.07, 6.45) is 0. The number of sulfone groups is 1. The second kappa shape index (κ2) is 6.55. The number of Topliss-reactive ketones (excluding diaryl/α,β-unsaturated/α-hetero) is 1. The van der Waals surface area contributed by atoms with Crippen LogP contribution in [0.1, 0.15) is 23.5 Å². The molecule has 1 heterocycles. The lowest BCUT2D eigenvalue weighted by Gasteiger charge is -2.18. The van der Waals surface area contributed by atoms with Gasteiger partial charge in [0.05, 0.1) is 22.9 Å². The summed E-state index contributed by atoms with van der Waals surface area (Å²) in [5, 5.41) is 0.492. The third-order valence-corrected chi connectivity index (χ3v) is 6.22. The summed E-state index contributed by atoms with van der Waals surface area (Å²) in [5.74, 6) is -0.289. The molecule has 114 valence electrons. The molecule has 0 saturated carbocycles. The van der Waals surface area contributed by atoms with Crippen LogP contribution in [0.4, 0.5) is 10.7 Å². The normalized spacial score (nSPS) is 11.6. The number of hydrogen-bond donors (Lipinski definition) is 1. The van der Waals surface area contributed by atoms with Gasteiger partial charge in [0.25, 0.3) is 0 Å². The van der Waals surface area contributed by atoms with Crippen LogP contribution in [0.2, 0.25) is 0 Å². The number of carbonyl (C=O) groups is 1. The zero-order chi connectivity index (χ0) is 15.5. The Morgan fingerprint density at radius 1 is 1.45 bits per heavy atom. The lowest BCUT2D eigenvalue weighted by atomic mass is 10.3. The van der Waals surface area contributed by atoms with Crippen molar-refractivity contribution in [1.82, 2.24) is 0 Å². The third-order valence-electron chi connectivity index (χ3n) is 2.87. The van der Waals surface area contributed by atoms with E-state index in [1.54, 1.807) is 26.0 Å². The molecule has 0 amide bonds. The maximum atomic E-state index is 12.2. The van der Waals surface area contributed by atoms with Crippen LogP contribution in [-0.4, -0.2) is 47.3 Å². The van der Waals surface area contributed by atoms with E-state index in [1.807, 2.05) is 0 Å².